The Bertz CT molecular complexity index is 959. The summed E-state index contributed by atoms with van der Waals surface area (Å²) in [6, 6.07) is 13.2. The number of nitrogens with zero attached hydrogens (tertiary/aromatic N) is 3. The third kappa shape index (κ3) is 2.39. The summed E-state index contributed by atoms with van der Waals surface area (Å²) in [5, 5.41) is 9.49. The van der Waals surface area contributed by atoms with E-state index in [1.54, 1.807) is 0 Å². The zero-order valence-electron chi connectivity index (χ0n) is 14.2. The molecule has 1 aliphatic carbocycles. The van der Waals surface area contributed by atoms with Crippen molar-refractivity contribution in [1.82, 2.24) is 9.38 Å². The number of fused-ring (bicyclic) bond motifs is 2. The zero-order chi connectivity index (χ0) is 16.7. The Hall–Kier alpha value is -2.60. The van der Waals surface area contributed by atoms with Crippen molar-refractivity contribution in [2.24, 2.45) is 0 Å². The van der Waals surface area contributed by atoms with Gasteiger partial charge in [-0.2, -0.15) is 5.26 Å². The smallest absolute Gasteiger partial charge is 0.137 e. The molecule has 3 aromatic rings. The first-order valence-electron chi connectivity index (χ1n) is 8.68. The van der Waals surface area contributed by atoms with Gasteiger partial charge in [-0.15, -0.1) is 0 Å². The van der Waals surface area contributed by atoms with Crippen LogP contribution in [0, 0.1) is 18.3 Å². The molecule has 1 atom stereocenters. The maximum Gasteiger partial charge on any atom is 0.137 e. The lowest BCUT2D eigenvalue weighted by molar-refractivity contribution is 0.686. The fourth-order valence-corrected chi connectivity index (χ4v) is 3.73. The minimum absolute atomic E-state index is 0.200. The fourth-order valence-electron chi connectivity index (χ4n) is 3.73. The van der Waals surface area contributed by atoms with Crippen LogP contribution in [0.1, 0.15) is 48.1 Å². The minimum Gasteiger partial charge on any atom is -0.302 e. The van der Waals surface area contributed by atoms with Crippen LogP contribution in [-0.2, 0) is 12.8 Å². The highest BCUT2D eigenvalue weighted by Gasteiger charge is 2.20. The molecular weight excluding hydrogens is 294 g/mol. The molecule has 0 saturated heterocycles. The summed E-state index contributed by atoms with van der Waals surface area (Å²) < 4.78 is 2.07. The fraction of sp³-hybridized carbons (Fsp3) is 0.333. The lowest BCUT2D eigenvalue weighted by Crippen LogP contribution is -2.03. The van der Waals surface area contributed by atoms with Crippen LogP contribution in [0.2, 0.25) is 0 Å². The van der Waals surface area contributed by atoms with Gasteiger partial charge in [0.05, 0.1) is 23.4 Å². The van der Waals surface area contributed by atoms with Crippen molar-refractivity contribution < 1.29 is 0 Å². The van der Waals surface area contributed by atoms with Crippen LogP contribution in [0.4, 0.5) is 0 Å². The van der Waals surface area contributed by atoms with Gasteiger partial charge in [0.2, 0.25) is 0 Å². The van der Waals surface area contributed by atoms with Gasteiger partial charge in [0.15, 0.2) is 0 Å². The van der Waals surface area contributed by atoms with Gasteiger partial charge in [0.1, 0.15) is 5.65 Å². The van der Waals surface area contributed by atoms with Crippen molar-refractivity contribution in [2.45, 2.75) is 45.4 Å². The van der Waals surface area contributed by atoms with Gasteiger partial charge in [0, 0.05) is 11.8 Å². The Balaban J connectivity index is 1.94. The summed E-state index contributed by atoms with van der Waals surface area (Å²) in [4.78, 5) is 4.87. The van der Waals surface area contributed by atoms with E-state index in [1.807, 2.05) is 13.1 Å². The maximum absolute atomic E-state index is 9.49. The summed E-state index contributed by atoms with van der Waals surface area (Å²) in [5.74, 6) is -0.200. The number of hydrogen-bond acceptors (Lipinski definition) is 2. The van der Waals surface area contributed by atoms with Crippen molar-refractivity contribution in [3.05, 3.63) is 58.9 Å². The quantitative estimate of drug-likeness (QED) is 0.680. The number of aromatic nitrogens is 2. The molecule has 120 valence electrons. The van der Waals surface area contributed by atoms with Gasteiger partial charge in [-0.05, 0) is 74.4 Å². The Labute approximate surface area is 142 Å². The van der Waals surface area contributed by atoms with Gasteiger partial charge in [0.25, 0.3) is 0 Å². The van der Waals surface area contributed by atoms with E-state index in [0.717, 1.165) is 29.0 Å². The van der Waals surface area contributed by atoms with E-state index in [4.69, 9.17) is 4.98 Å². The van der Waals surface area contributed by atoms with Crippen molar-refractivity contribution in [3.8, 4) is 17.3 Å². The van der Waals surface area contributed by atoms with Gasteiger partial charge >= 0.3 is 0 Å². The van der Waals surface area contributed by atoms with Crippen LogP contribution in [0.5, 0.6) is 0 Å². The van der Waals surface area contributed by atoms with E-state index >= 15 is 0 Å². The van der Waals surface area contributed by atoms with Crippen LogP contribution in [-0.4, -0.2) is 9.38 Å². The Morgan fingerprint density at radius 3 is 2.71 bits per heavy atom. The molecule has 24 heavy (non-hydrogen) atoms. The third-order valence-corrected chi connectivity index (χ3v) is 5.04. The Morgan fingerprint density at radius 2 is 1.92 bits per heavy atom. The van der Waals surface area contributed by atoms with Crippen LogP contribution >= 0.6 is 0 Å². The molecule has 0 amide bonds. The largest absolute Gasteiger partial charge is 0.302 e. The molecule has 0 bridgehead atoms. The molecule has 0 fully saturated rings. The van der Waals surface area contributed by atoms with E-state index in [-0.39, 0.29) is 5.92 Å². The predicted molar refractivity (Wildman–Crippen MR) is 96.0 cm³/mol. The summed E-state index contributed by atoms with van der Waals surface area (Å²) in [6.45, 7) is 4.02. The molecule has 3 heteroatoms. The number of pyridine rings is 1. The molecular formula is C21H21N3. The van der Waals surface area contributed by atoms with Crippen LogP contribution < -0.4 is 0 Å². The molecule has 2 aromatic heterocycles. The number of hydrogen-bond donors (Lipinski definition) is 0. The normalized spacial score (nSPS) is 15.0. The summed E-state index contributed by atoms with van der Waals surface area (Å²) in [7, 11) is 0. The first kappa shape index (κ1) is 15.0. The molecule has 1 unspecified atom stereocenters. The molecule has 1 aromatic carbocycles. The molecule has 0 spiro atoms. The average molecular weight is 315 g/mol. The molecule has 0 radical (unpaired) electrons. The number of rotatable bonds is 2. The first-order chi connectivity index (χ1) is 11.7. The predicted octanol–water partition coefficient (Wildman–Crippen LogP) is 4.82. The first-order valence-corrected chi connectivity index (χ1v) is 8.68. The number of benzene rings is 1. The highest BCUT2D eigenvalue weighted by atomic mass is 15.0. The van der Waals surface area contributed by atoms with Gasteiger partial charge < -0.3 is 4.40 Å². The van der Waals surface area contributed by atoms with Crippen LogP contribution in [0.25, 0.3) is 16.9 Å². The number of aryl methyl sites for hydroxylation is 3. The number of nitriles is 1. The summed E-state index contributed by atoms with van der Waals surface area (Å²) >= 11 is 0. The molecule has 0 saturated carbocycles. The van der Waals surface area contributed by atoms with E-state index < -0.39 is 0 Å². The minimum atomic E-state index is -0.200. The van der Waals surface area contributed by atoms with Crippen LogP contribution in [0.3, 0.4) is 0 Å². The SMILES string of the molecule is Cc1ccn2c(C(C)C#N)c(-c3ccc4c(c3)CCCC4)nc2c1. The zero-order valence-corrected chi connectivity index (χ0v) is 14.2. The second-order valence-electron chi connectivity index (χ2n) is 6.82. The molecule has 0 aliphatic heterocycles. The molecule has 4 rings (SSSR count). The highest BCUT2D eigenvalue weighted by molar-refractivity contribution is 5.69. The average Bonchev–Trinajstić information content (AvgIpc) is 2.99. The molecule has 0 N–H and O–H groups in total. The van der Waals surface area contributed by atoms with Gasteiger partial charge in [-0.1, -0.05) is 12.1 Å². The highest BCUT2D eigenvalue weighted by Crippen LogP contribution is 2.33. The molecule has 2 heterocycles. The standard InChI is InChI=1S/C21H21N3/c1-14-9-10-24-19(11-14)23-20(21(24)15(2)13-22)18-8-7-16-5-3-4-6-17(16)12-18/h7-12,15H,3-6H2,1-2H3. The van der Waals surface area contributed by atoms with E-state index in [0.29, 0.717) is 0 Å². The third-order valence-electron chi connectivity index (χ3n) is 5.04. The summed E-state index contributed by atoms with van der Waals surface area (Å²) in [6.07, 6.45) is 6.92. The van der Waals surface area contributed by atoms with Crippen molar-refractivity contribution in [1.29, 1.82) is 5.26 Å². The lowest BCUT2D eigenvalue weighted by atomic mass is 9.89. The number of imidazole rings is 1. The monoisotopic (exact) mass is 315 g/mol. The Kier molecular flexibility index (Phi) is 3.61. The van der Waals surface area contributed by atoms with Gasteiger partial charge in [-0.3, -0.25) is 0 Å². The second kappa shape index (κ2) is 5.79. The van der Waals surface area contributed by atoms with Crippen LogP contribution in [0.15, 0.2) is 36.5 Å². The van der Waals surface area contributed by atoms with Crippen molar-refractivity contribution in [2.75, 3.05) is 0 Å². The lowest BCUT2D eigenvalue weighted by Gasteiger charge is -2.16. The van der Waals surface area contributed by atoms with Crippen molar-refractivity contribution >= 4 is 5.65 Å². The second-order valence-corrected chi connectivity index (χ2v) is 6.82. The summed E-state index contributed by atoms with van der Waals surface area (Å²) in [5.41, 5.74) is 8.09. The topological polar surface area (TPSA) is 41.1 Å². The van der Waals surface area contributed by atoms with Crippen molar-refractivity contribution in [3.63, 3.8) is 0 Å². The van der Waals surface area contributed by atoms with E-state index in [2.05, 4.69) is 47.7 Å². The van der Waals surface area contributed by atoms with E-state index in [9.17, 15) is 5.26 Å². The molecule has 3 nitrogen and oxygen atoms in total. The Morgan fingerprint density at radius 1 is 1.12 bits per heavy atom. The van der Waals surface area contributed by atoms with E-state index in [1.165, 1.54) is 36.0 Å². The molecule has 1 aliphatic rings. The van der Waals surface area contributed by atoms with Gasteiger partial charge in [-0.25, -0.2) is 4.98 Å². The maximum atomic E-state index is 9.49.